The number of esters is 1. The number of halogens is 2. The highest BCUT2D eigenvalue weighted by Gasteiger charge is 2.45. The number of quaternary nitrogens is 1. The Bertz CT molecular complexity index is 803. The Morgan fingerprint density at radius 1 is 1.03 bits per heavy atom. The number of Topliss-reactive ketones (excluding diaryl/α,β-unsaturated/α-hetero) is 1. The topological polar surface area (TPSA) is 47.8 Å². The Kier molecular flexibility index (Phi) is 8.35. The first-order valence-corrected chi connectivity index (χ1v) is 9.90. The summed E-state index contributed by atoms with van der Waals surface area (Å²) >= 11 is 0. The second-order valence-corrected chi connectivity index (χ2v) is 7.35. The van der Waals surface area contributed by atoms with Crippen LogP contribution in [0.1, 0.15) is 42.1 Å². The smallest absolute Gasteiger partial charge is 0.317 e. The largest absolute Gasteiger partial charge is 1.00 e. The van der Waals surface area contributed by atoms with Crippen molar-refractivity contribution in [3.63, 3.8) is 0 Å². The summed E-state index contributed by atoms with van der Waals surface area (Å²) in [6.45, 7) is 4.53. The van der Waals surface area contributed by atoms with Crippen LogP contribution in [0.2, 0.25) is 0 Å². The van der Waals surface area contributed by atoms with Gasteiger partial charge in [-0.1, -0.05) is 30.3 Å². The Morgan fingerprint density at radius 2 is 1.66 bits per heavy atom. The molecule has 2 aromatic carbocycles. The molecule has 0 amide bonds. The lowest BCUT2D eigenvalue weighted by Crippen LogP contribution is -3.13. The van der Waals surface area contributed by atoms with E-state index in [1.807, 2.05) is 37.3 Å². The molecule has 29 heavy (non-hydrogen) atoms. The van der Waals surface area contributed by atoms with E-state index in [4.69, 9.17) is 4.74 Å². The van der Waals surface area contributed by atoms with Gasteiger partial charge in [0.1, 0.15) is 11.2 Å². The van der Waals surface area contributed by atoms with Crippen molar-refractivity contribution in [2.24, 2.45) is 0 Å². The molecular formula is C23H27ClFNO3. The maximum absolute atomic E-state index is 13.0. The summed E-state index contributed by atoms with van der Waals surface area (Å²) < 4.78 is 18.4. The molecule has 1 aliphatic rings. The van der Waals surface area contributed by atoms with Crippen LogP contribution < -0.4 is 17.3 Å². The first kappa shape index (κ1) is 23.0. The highest BCUT2D eigenvalue weighted by molar-refractivity contribution is 5.96. The Morgan fingerprint density at radius 3 is 2.24 bits per heavy atom. The molecule has 0 unspecified atom stereocenters. The van der Waals surface area contributed by atoms with E-state index in [2.05, 4.69) is 0 Å². The van der Waals surface area contributed by atoms with Crippen LogP contribution >= 0.6 is 0 Å². The van der Waals surface area contributed by atoms with Crippen molar-refractivity contribution in [1.29, 1.82) is 0 Å². The summed E-state index contributed by atoms with van der Waals surface area (Å²) in [6.07, 6.45) is 1.82. The number of carbonyl (C=O) groups excluding carboxylic acids is 2. The number of nitrogens with one attached hydrogen (secondary N) is 1. The third kappa shape index (κ3) is 5.43. The zero-order valence-electron chi connectivity index (χ0n) is 16.6. The van der Waals surface area contributed by atoms with Crippen molar-refractivity contribution < 1.29 is 36.0 Å². The van der Waals surface area contributed by atoms with Gasteiger partial charge in [0.05, 0.1) is 32.7 Å². The first-order valence-electron chi connectivity index (χ1n) is 9.90. The summed E-state index contributed by atoms with van der Waals surface area (Å²) in [6, 6.07) is 15.6. The molecule has 4 nitrogen and oxygen atoms in total. The minimum absolute atomic E-state index is 0. The van der Waals surface area contributed by atoms with E-state index < -0.39 is 5.41 Å². The summed E-state index contributed by atoms with van der Waals surface area (Å²) in [4.78, 5) is 26.4. The average molecular weight is 420 g/mol. The van der Waals surface area contributed by atoms with E-state index in [-0.39, 0.29) is 30.0 Å². The van der Waals surface area contributed by atoms with Crippen LogP contribution in [0.4, 0.5) is 4.39 Å². The minimum Gasteiger partial charge on any atom is -1.00 e. The number of ketones is 1. The lowest BCUT2D eigenvalue weighted by atomic mass is 9.72. The fraction of sp³-hybridized carbons (Fsp3) is 0.391. The monoisotopic (exact) mass is 419 g/mol. The van der Waals surface area contributed by atoms with Crippen LogP contribution in [0.5, 0.6) is 0 Å². The second-order valence-electron chi connectivity index (χ2n) is 7.35. The molecule has 0 spiro atoms. The summed E-state index contributed by atoms with van der Waals surface area (Å²) in [5.74, 6) is -0.463. The molecule has 0 aliphatic carbocycles. The molecule has 0 radical (unpaired) electrons. The molecule has 2 aromatic rings. The average Bonchev–Trinajstić information content (AvgIpc) is 2.73. The first-order chi connectivity index (χ1) is 13.5. The van der Waals surface area contributed by atoms with Crippen LogP contribution in [0, 0.1) is 5.82 Å². The van der Waals surface area contributed by atoms with Crippen LogP contribution in [0.25, 0.3) is 0 Å². The molecule has 0 bridgehead atoms. The third-order valence-electron chi connectivity index (χ3n) is 5.68. The van der Waals surface area contributed by atoms with Crippen molar-refractivity contribution >= 4 is 11.8 Å². The summed E-state index contributed by atoms with van der Waals surface area (Å²) in [7, 11) is 0. The molecule has 3 rings (SSSR count). The van der Waals surface area contributed by atoms with E-state index in [9.17, 15) is 14.0 Å². The van der Waals surface area contributed by atoms with Crippen LogP contribution in [-0.2, 0) is 14.9 Å². The molecule has 1 saturated heterocycles. The van der Waals surface area contributed by atoms with Crippen LogP contribution in [0.15, 0.2) is 54.6 Å². The fourth-order valence-electron chi connectivity index (χ4n) is 3.99. The molecule has 1 N–H and O–H groups in total. The maximum atomic E-state index is 13.0. The number of rotatable bonds is 7. The van der Waals surface area contributed by atoms with Gasteiger partial charge < -0.3 is 22.0 Å². The molecule has 156 valence electrons. The van der Waals surface area contributed by atoms with Gasteiger partial charge in [-0.15, -0.1) is 0 Å². The van der Waals surface area contributed by atoms with Gasteiger partial charge in [-0.2, -0.15) is 0 Å². The SMILES string of the molecule is CCOC(=O)C1(c2ccccc2)CC[NH+](CCC(=O)c2ccc(F)cc2)CC1.[Cl-]. The van der Waals surface area contributed by atoms with Gasteiger partial charge in [-0.05, 0) is 36.8 Å². The molecule has 0 saturated carbocycles. The van der Waals surface area contributed by atoms with Crippen molar-refractivity contribution in [3.05, 3.63) is 71.5 Å². The van der Waals surface area contributed by atoms with Gasteiger partial charge in [0.25, 0.3) is 0 Å². The quantitative estimate of drug-likeness (QED) is 0.490. The number of hydrogen-bond donors (Lipinski definition) is 1. The number of likely N-dealkylation sites (tertiary alicyclic amines) is 1. The standard InChI is InChI=1S/C23H26FNO3.ClH/c1-2-28-22(27)23(19-6-4-3-5-7-19)13-16-25(17-14-23)15-12-21(26)18-8-10-20(24)11-9-18;/h3-11H,2,12-17H2,1H3;1H. The second kappa shape index (κ2) is 10.5. The van der Waals surface area contributed by atoms with Gasteiger partial charge in [0.2, 0.25) is 0 Å². The predicted molar refractivity (Wildman–Crippen MR) is 105 cm³/mol. The van der Waals surface area contributed by atoms with Gasteiger partial charge >= 0.3 is 5.97 Å². The van der Waals surface area contributed by atoms with Crippen LogP contribution in [-0.4, -0.2) is 38.0 Å². The van der Waals surface area contributed by atoms with E-state index in [0.29, 0.717) is 38.0 Å². The Hall–Kier alpha value is -2.24. The number of ether oxygens (including phenoxy) is 1. The maximum Gasteiger partial charge on any atom is 0.317 e. The normalized spacial score (nSPS) is 21.1. The van der Waals surface area contributed by atoms with Gasteiger partial charge in [-0.25, -0.2) is 4.39 Å². The van der Waals surface area contributed by atoms with Gasteiger partial charge in [-0.3, -0.25) is 9.59 Å². The van der Waals surface area contributed by atoms with E-state index >= 15 is 0 Å². The Labute approximate surface area is 177 Å². The van der Waals surface area contributed by atoms with Crippen molar-refractivity contribution in [2.45, 2.75) is 31.6 Å². The molecule has 6 heteroatoms. The summed E-state index contributed by atoms with van der Waals surface area (Å²) in [5, 5.41) is 0. The fourth-order valence-corrected chi connectivity index (χ4v) is 3.99. The lowest BCUT2D eigenvalue weighted by Gasteiger charge is -2.38. The lowest BCUT2D eigenvalue weighted by molar-refractivity contribution is -0.905. The zero-order valence-corrected chi connectivity index (χ0v) is 17.4. The molecule has 0 atom stereocenters. The van der Waals surface area contributed by atoms with Gasteiger partial charge in [0.15, 0.2) is 5.78 Å². The molecular weight excluding hydrogens is 393 g/mol. The number of hydrogen-bond acceptors (Lipinski definition) is 3. The number of piperidine rings is 1. The van der Waals surface area contributed by atoms with Crippen molar-refractivity contribution in [1.82, 2.24) is 0 Å². The molecule has 0 aromatic heterocycles. The highest BCUT2D eigenvalue weighted by Crippen LogP contribution is 2.34. The zero-order chi connectivity index (χ0) is 20.0. The number of carbonyl (C=O) groups is 2. The van der Waals surface area contributed by atoms with E-state index in [0.717, 1.165) is 18.7 Å². The Balaban J connectivity index is 0.00000300. The van der Waals surface area contributed by atoms with Crippen molar-refractivity contribution in [2.75, 3.05) is 26.2 Å². The minimum atomic E-state index is -0.596. The summed E-state index contributed by atoms with van der Waals surface area (Å²) in [5.41, 5.74) is 0.958. The van der Waals surface area contributed by atoms with Crippen LogP contribution in [0.3, 0.4) is 0 Å². The van der Waals surface area contributed by atoms with Gasteiger partial charge in [0, 0.05) is 18.4 Å². The van der Waals surface area contributed by atoms with E-state index in [1.54, 1.807) is 0 Å². The predicted octanol–water partition coefficient (Wildman–Crippen LogP) is -0.418. The molecule has 1 fully saturated rings. The van der Waals surface area contributed by atoms with E-state index in [1.165, 1.54) is 29.2 Å². The molecule has 1 heterocycles. The highest BCUT2D eigenvalue weighted by atomic mass is 35.5. The number of benzene rings is 2. The van der Waals surface area contributed by atoms with Crippen molar-refractivity contribution in [3.8, 4) is 0 Å². The molecule has 1 aliphatic heterocycles. The third-order valence-corrected chi connectivity index (χ3v) is 5.68.